The molecule has 0 saturated heterocycles. The van der Waals surface area contributed by atoms with Gasteiger partial charge in [-0.2, -0.15) is 4.98 Å². The van der Waals surface area contributed by atoms with Crippen LogP contribution in [0, 0.1) is 6.92 Å². The number of nitrogens with two attached hydrogens (primary N) is 1. The molecule has 1 amide bonds. The zero-order chi connectivity index (χ0) is 16.3. The quantitative estimate of drug-likeness (QED) is 0.859. The summed E-state index contributed by atoms with van der Waals surface area (Å²) < 4.78 is 2.04. The number of anilines is 2. The number of aryl methyl sites for hydroxylation is 2. The van der Waals surface area contributed by atoms with Crippen molar-refractivity contribution in [1.29, 1.82) is 0 Å². The van der Waals surface area contributed by atoms with Crippen molar-refractivity contribution < 1.29 is 4.79 Å². The summed E-state index contributed by atoms with van der Waals surface area (Å²) in [5, 5.41) is 0. The van der Waals surface area contributed by atoms with Gasteiger partial charge in [-0.1, -0.05) is 0 Å². The maximum Gasteiger partial charge on any atom is 0.222 e. The molecule has 2 N–H and O–H groups in total. The third-order valence-corrected chi connectivity index (χ3v) is 3.58. The highest BCUT2D eigenvalue weighted by molar-refractivity contribution is 5.87. The predicted octanol–water partition coefficient (Wildman–Crippen LogP) is 2.25. The van der Waals surface area contributed by atoms with Crippen LogP contribution in [0.2, 0.25) is 0 Å². The van der Waals surface area contributed by atoms with E-state index in [9.17, 15) is 4.79 Å². The van der Waals surface area contributed by atoms with E-state index < -0.39 is 0 Å². The van der Waals surface area contributed by atoms with Crippen LogP contribution < -0.4 is 10.6 Å². The third kappa shape index (κ3) is 3.00. The van der Waals surface area contributed by atoms with Crippen molar-refractivity contribution in [3.63, 3.8) is 0 Å². The Morgan fingerprint density at radius 3 is 2.73 bits per heavy atom. The molecule has 0 aliphatic rings. The van der Waals surface area contributed by atoms with Gasteiger partial charge in [-0.05, 0) is 44.6 Å². The first-order valence-corrected chi connectivity index (χ1v) is 7.14. The molecular weight excluding hydrogens is 278 g/mol. The first-order valence-electron chi connectivity index (χ1n) is 7.14. The van der Waals surface area contributed by atoms with E-state index in [0.29, 0.717) is 12.4 Å². The van der Waals surface area contributed by atoms with E-state index in [2.05, 4.69) is 9.97 Å². The molecule has 116 valence electrons. The van der Waals surface area contributed by atoms with Gasteiger partial charge in [0.15, 0.2) is 0 Å². The van der Waals surface area contributed by atoms with Gasteiger partial charge in [0.05, 0.1) is 5.69 Å². The SMILES string of the molecule is CCN(C=O)c1nc(N)nc(C)c1/C=C(\C)c1cccn1C. The summed E-state index contributed by atoms with van der Waals surface area (Å²) in [7, 11) is 1.99. The van der Waals surface area contributed by atoms with Gasteiger partial charge in [-0.15, -0.1) is 0 Å². The second-order valence-electron chi connectivity index (χ2n) is 5.13. The van der Waals surface area contributed by atoms with Gasteiger partial charge in [-0.3, -0.25) is 9.69 Å². The monoisotopic (exact) mass is 299 g/mol. The fraction of sp³-hybridized carbons (Fsp3) is 0.312. The molecule has 0 bridgehead atoms. The summed E-state index contributed by atoms with van der Waals surface area (Å²) in [4.78, 5) is 21.3. The van der Waals surface area contributed by atoms with Crippen molar-refractivity contribution in [3.05, 3.63) is 35.3 Å². The molecule has 0 radical (unpaired) electrons. The lowest BCUT2D eigenvalue weighted by Crippen LogP contribution is -2.23. The van der Waals surface area contributed by atoms with Gasteiger partial charge in [0, 0.05) is 31.0 Å². The van der Waals surface area contributed by atoms with Crippen LogP contribution in [0.25, 0.3) is 11.6 Å². The Bertz CT molecular complexity index is 717. The highest BCUT2D eigenvalue weighted by Crippen LogP contribution is 2.26. The largest absolute Gasteiger partial charge is 0.368 e. The van der Waals surface area contributed by atoms with Crippen molar-refractivity contribution >= 4 is 29.8 Å². The molecule has 0 fully saturated rings. The van der Waals surface area contributed by atoms with E-state index in [0.717, 1.165) is 28.9 Å². The van der Waals surface area contributed by atoms with E-state index in [1.165, 1.54) is 4.90 Å². The fourth-order valence-corrected chi connectivity index (χ4v) is 2.41. The van der Waals surface area contributed by atoms with E-state index in [4.69, 9.17) is 5.73 Å². The fourth-order valence-electron chi connectivity index (χ4n) is 2.41. The predicted molar refractivity (Wildman–Crippen MR) is 89.2 cm³/mol. The molecule has 2 rings (SSSR count). The van der Waals surface area contributed by atoms with Crippen LogP contribution in [0.5, 0.6) is 0 Å². The summed E-state index contributed by atoms with van der Waals surface area (Å²) in [6.07, 6.45) is 4.74. The molecule has 0 aliphatic heterocycles. The number of rotatable bonds is 5. The molecule has 0 aromatic carbocycles. The van der Waals surface area contributed by atoms with Crippen LogP contribution in [-0.4, -0.2) is 27.5 Å². The van der Waals surface area contributed by atoms with Gasteiger partial charge >= 0.3 is 0 Å². The average molecular weight is 299 g/mol. The Labute approximate surface area is 130 Å². The summed E-state index contributed by atoms with van der Waals surface area (Å²) in [5.41, 5.74) is 9.45. The van der Waals surface area contributed by atoms with Gasteiger partial charge in [0.2, 0.25) is 12.4 Å². The number of carbonyl (C=O) groups is 1. The molecule has 2 heterocycles. The first kappa shape index (κ1) is 15.8. The van der Waals surface area contributed by atoms with Gasteiger partial charge in [0.25, 0.3) is 0 Å². The number of allylic oxidation sites excluding steroid dienone is 1. The number of amides is 1. The standard InChI is InChI=1S/C16H21N5O/c1-5-21(10-22)15-13(12(3)18-16(17)19-15)9-11(2)14-7-6-8-20(14)4/h6-10H,5H2,1-4H3,(H2,17,18,19)/b11-9+. The molecule has 2 aromatic heterocycles. The van der Waals surface area contributed by atoms with Crippen LogP contribution >= 0.6 is 0 Å². The van der Waals surface area contributed by atoms with Crippen LogP contribution in [0.15, 0.2) is 18.3 Å². The third-order valence-electron chi connectivity index (χ3n) is 3.58. The van der Waals surface area contributed by atoms with Gasteiger partial charge < -0.3 is 10.3 Å². The number of hydrogen-bond acceptors (Lipinski definition) is 4. The van der Waals surface area contributed by atoms with Gasteiger partial charge in [0.1, 0.15) is 5.82 Å². The number of hydrogen-bond donors (Lipinski definition) is 1. The number of aromatic nitrogens is 3. The molecule has 0 aliphatic carbocycles. The highest BCUT2D eigenvalue weighted by atomic mass is 16.1. The minimum absolute atomic E-state index is 0.168. The van der Waals surface area contributed by atoms with Crippen molar-refractivity contribution in [2.45, 2.75) is 20.8 Å². The normalized spacial score (nSPS) is 11.5. The average Bonchev–Trinajstić information content (AvgIpc) is 2.90. The first-order chi connectivity index (χ1) is 10.5. The lowest BCUT2D eigenvalue weighted by atomic mass is 10.1. The molecule has 2 aromatic rings. The minimum atomic E-state index is 0.168. The zero-order valence-corrected chi connectivity index (χ0v) is 13.4. The Hall–Kier alpha value is -2.63. The Balaban J connectivity index is 2.59. The highest BCUT2D eigenvalue weighted by Gasteiger charge is 2.15. The molecule has 6 nitrogen and oxygen atoms in total. The number of nitrogen functional groups attached to an aromatic ring is 1. The van der Waals surface area contributed by atoms with Crippen molar-refractivity contribution in [3.8, 4) is 0 Å². The zero-order valence-electron chi connectivity index (χ0n) is 13.4. The van der Waals surface area contributed by atoms with Crippen LogP contribution in [0.1, 0.15) is 30.8 Å². The van der Waals surface area contributed by atoms with Gasteiger partial charge in [-0.25, -0.2) is 4.98 Å². The van der Waals surface area contributed by atoms with Crippen LogP contribution in [-0.2, 0) is 11.8 Å². The van der Waals surface area contributed by atoms with Crippen molar-refractivity contribution in [1.82, 2.24) is 14.5 Å². The number of nitrogens with zero attached hydrogens (tertiary/aromatic N) is 4. The molecule has 0 spiro atoms. The summed E-state index contributed by atoms with van der Waals surface area (Å²) in [5.74, 6) is 0.706. The van der Waals surface area contributed by atoms with E-state index in [-0.39, 0.29) is 5.95 Å². The van der Waals surface area contributed by atoms with Crippen molar-refractivity contribution in [2.24, 2.45) is 7.05 Å². The Kier molecular flexibility index (Phi) is 4.60. The number of carbonyl (C=O) groups excluding carboxylic acids is 1. The Morgan fingerprint density at radius 1 is 1.45 bits per heavy atom. The molecular formula is C16H21N5O. The van der Waals surface area contributed by atoms with E-state index in [1.54, 1.807) is 0 Å². The van der Waals surface area contributed by atoms with Crippen LogP contribution in [0.3, 0.4) is 0 Å². The topological polar surface area (TPSA) is 77.0 Å². The maximum absolute atomic E-state index is 11.3. The molecule has 22 heavy (non-hydrogen) atoms. The smallest absolute Gasteiger partial charge is 0.222 e. The van der Waals surface area contributed by atoms with Crippen LogP contribution in [0.4, 0.5) is 11.8 Å². The van der Waals surface area contributed by atoms with E-state index in [1.807, 2.05) is 56.8 Å². The molecule has 0 atom stereocenters. The summed E-state index contributed by atoms with van der Waals surface area (Å²) in [6.45, 7) is 6.29. The second-order valence-corrected chi connectivity index (χ2v) is 5.13. The maximum atomic E-state index is 11.3. The lowest BCUT2D eigenvalue weighted by Gasteiger charge is -2.18. The molecule has 0 unspecified atom stereocenters. The Morgan fingerprint density at radius 2 is 2.18 bits per heavy atom. The second kappa shape index (κ2) is 6.43. The minimum Gasteiger partial charge on any atom is -0.368 e. The molecule has 6 heteroatoms. The lowest BCUT2D eigenvalue weighted by molar-refractivity contribution is -0.107. The molecule has 0 saturated carbocycles. The van der Waals surface area contributed by atoms with Crippen molar-refractivity contribution in [2.75, 3.05) is 17.2 Å². The summed E-state index contributed by atoms with van der Waals surface area (Å²) >= 11 is 0. The summed E-state index contributed by atoms with van der Waals surface area (Å²) in [6, 6.07) is 4.03. The van der Waals surface area contributed by atoms with E-state index >= 15 is 0 Å².